The highest BCUT2D eigenvalue weighted by atomic mass is 35.5. The Hall–Kier alpha value is -3.20. The van der Waals surface area contributed by atoms with E-state index in [1.165, 1.54) is 17.4 Å². The highest BCUT2D eigenvalue weighted by Crippen LogP contribution is 2.30. The molecule has 2 amide bonds. The van der Waals surface area contributed by atoms with Gasteiger partial charge in [-0.3, -0.25) is 14.9 Å². The molecule has 0 radical (unpaired) electrons. The zero-order chi connectivity index (χ0) is 23.9. The predicted molar refractivity (Wildman–Crippen MR) is 144 cm³/mol. The number of carbonyl (C=O) groups is 2. The van der Waals surface area contributed by atoms with Crippen LogP contribution in [-0.4, -0.2) is 48.0 Å². The van der Waals surface area contributed by atoms with Gasteiger partial charge in [-0.05, 0) is 53.5 Å². The van der Waals surface area contributed by atoms with E-state index in [1.54, 1.807) is 12.1 Å². The lowest BCUT2D eigenvalue weighted by Gasteiger charge is -2.36. The second kappa shape index (κ2) is 11.3. The summed E-state index contributed by atoms with van der Waals surface area (Å²) < 4.78 is 0. The summed E-state index contributed by atoms with van der Waals surface area (Å²) in [6.45, 7) is 2.68. The maximum Gasteiger partial charge on any atom is 0.264 e. The van der Waals surface area contributed by atoms with Gasteiger partial charge in [-0.25, -0.2) is 0 Å². The van der Waals surface area contributed by atoms with Crippen molar-refractivity contribution in [1.29, 1.82) is 0 Å². The van der Waals surface area contributed by atoms with Gasteiger partial charge in [-0.15, -0.1) is 11.3 Å². The van der Waals surface area contributed by atoms with Crippen molar-refractivity contribution in [3.63, 3.8) is 0 Å². The fraction of sp³-hybridized carbons (Fsp3) is 0.160. The summed E-state index contributed by atoms with van der Waals surface area (Å²) in [4.78, 5) is 29.5. The van der Waals surface area contributed by atoms with Gasteiger partial charge in [-0.2, -0.15) is 0 Å². The van der Waals surface area contributed by atoms with Crippen molar-refractivity contribution in [3.05, 3.63) is 87.6 Å². The third-order valence-corrected chi connectivity index (χ3v) is 6.67. The van der Waals surface area contributed by atoms with Gasteiger partial charge in [0.1, 0.15) is 0 Å². The molecule has 1 saturated heterocycles. The third-order valence-electron chi connectivity index (χ3n) is 5.31. The molecule has 0 atom stereocenters. The highest BCUT2D eigenvalue weighted by molar-refractivity contribution is 7.80. The molecule has 4 rings (SSSR count). The second-order valence-electron chi connectivity index (χ2n) is 7.61. The van der Waals surface area contributed by atoms with Gasteiger partial charge < -0.3 is 15.1 Å². The van der Waals surface area contributed by atoms with Crippen molar-refractivity contribution < 1.29 is 9.59 Å². The number of nitrogens with one attached hydrogen (secondary N) is 2. The lowest BCUT2D eigenvalue weighted by molar-refractivity contribution is -0.115. The van der Waals surface area contributed by atoms with E-state index in [0.717, 1.165) is 16.1 Å². The zero-order valence-electron chi connectivity index (χ0n) is 18.2. The Morgan fingerprint density at radius 3 is 2.44 bits per heavy atom. The molecule has 1 fully saturated rings. The molecular formula is C25H23ClN4O2S2. The first-order valence-corrected chi connectivity index (χ1v) is 12.4. The number of carbonyl (C=O) groups excluding carboxylic acids is 2. The van der Waals surface area contributed by atoms with Gasteiger partial charge in [-0.1, -0.05) is 48.0 Å². The lowest BCUT2D eigenvalue weighted by Crippen LogP contribution is -2.48. The quantitative estimate of drug-likeness (QED) is 0.378. The van der Waals surface area contributed by atoms with Crippen molar-refractivity contribution in [3.8, 4) is 0 Å². The van der Waals surface area contributed by atoms with Gasteiger partial charge in [0.15, 0.2) is 5.11 Å². The number of benzene rings is 2. The van der Waals surface area contributed by atoms with Gasteiger partial charge in [0.05, 0.1) is 15.6 Å². The van der Waals surface area contributed by atoms with E-state index in [-0.39, 0.29) is 16.9 Å². The Kier molecular flexibility index (Phi) is 7.95. The molecule has 0 aliphatic carbocycles. The molecule has 0 bridgehead atoms. The van der Waals surface area contributed by atoms with Crippen LogP contribution in [0.1, 0.15) is 15.2 Å². The highest BCUT2D eigenvalue weighted by Gasteiger charge is 2.24. The number of amides is 2. The minimum absolute atomic E-state index is 0.0782. The minimum atomic E-state index is -0.320. The summed E-state index contributed by atoms with van der Waals surface area (Å²) in [5.41, 5.74) is 2.50. The van der Waals surface area contributed by atoms with Crippen LogP contribution in [0.4, 0.5) is 11.4 Å². The molecule has 34 heavy (non-hydrogen) atoms. The first-order valence-electron chi connectivity index (χ1n) is 10.7. The maximum absolute atomic E-state index is 12.5. The Labute approximate surface area is 212 Å². The molecule has 9 heteroatoms. The molecule has 2 aromatic carbocycles. The van der Waals surface area contributed by atoms with Gasteiger partial charge in [0.2, 0.25) is 5.91 Å². The topological polar surface area (TPSA) is 64.7 Å². The Morgan fingerprint density at radius 1 is 1.00 bits per heavy atom. The number of nitrogens with zero attached hydrogens (tertiary/aromatic N) is 2. The van der Waals surface area contributed by atoms with Crippen LogP contribution in [0.25, 0.3) is 6.08 Å². The number of hydrogen-bond donors (Lipinski definition) is 2. The predicted octanol–water partition coefficient (Wildman–Crippen LogP) is 4.89. The number of hydrogen-bond acceptors (Lipinski definition) is 5. The minimum Gasteiger partial charge on any atom is -0.367 e. The first-order chi connectivity index (χ1) is 16.5. The number of piperazine rings is 1. The van der Waals surface area contributed by atoms with Crippen molar-refractivity contribution in [2.75, 3.05) is 36.4 Å². The SMILES string of the molecule is O=C(/C=C/c1ccccc1)NC(=S)Nc1ccc(N2CCN(C(=O)c3cccs3)CC2)c(Cl)c1. The average Bonchev–Trinajstić information content (AvgIpc) is 3.38. The van der Waals surface area contributed by atoms with Gasteiger partial charge in [0, 0.05) is 37.9 Å². The van der Waals surface area contributed by atoms with E-state index in [0.29, 0.717) is 36.9 Å². The zero-order valence-corrected chi connectivity index (χ0v) is 20.6. The van der Waals surface area contributed by atoms with Crippen LogP contribution >= 0.6 is 35.2 Å². The number of rotatable bonds is 5. The van der Waals surface area contributed by atoms with Crippen molar-refractivity contribution in [2.45, 2.75) is 0 Å². The Bertz CT molecular complexity index is 1190. The molecule has 2 N–H and O–H groups in total. The van der Waals surface area contributed by atoms with Crippen molar-refractivity contribution in [1.82, 2.24) is 10.2 Å². The smallest absolute Gasteiger partial charge is 0.264 e. The maximum atomic E-state index is 12.5. The Morgan fingerprint density at radius 2 is 1.76 bits per heavy atom. The van der Waals surface area contributed by atoms with Gasteiger partial charge in [0.25, 0.3) is 5.91 Å². The summed E-state index contributed by atoms with van der Waals surface area (Å²) >= 11 is 13.3. The summed E-state index contributed by atoms with van der Waals surface area (Å²) in [7, 11) is 0. The molecule has 0 saturated carbocycles. The van der Waals surface area contributed by atoms with Crippen LogP contribution < -0.4 is 15.5 Å². The second-order valence-corrected chi connectivity index (χ2v) is 9.37. The molecule has 2 heterocycles. The largest absolute Gasteiger partial charge is 0.367 e. The fourth-order valence-electron chi connectivity index (χ4n) is 3.60. The molecule has 3 aromatic rings. The molecule has 1 aliphatic heterocycles. The van der Waals surface area contributed by atoms with E-state index in [2.05, 4.69) is 15.5 Å². The number of anilines is 2. The number of halogens is 1. The van der Waals surface area contributed by atoms with Crippen LogP contribution in [0.3, 0.4) is 0 Å². The summed E-state index contributed by atoms with van der Waals surface area (Å²) in [6.07, 6.45) is 3.15. The van der Waals surface area contributed by atoms with E-state index < -0.39 is 0 Å². The van der Waals surface area contributed by atoms with Crippen molar-refractivity contribution in [2.24, 2.45) is 0 Å². The first kappa shape index (κ1) is 23.9. The summed E-state index contributed by atoms with van der Waals surface area (Å²) in [5, 5.41) is 8.29. The normalized spacial score (nSPS) is 13.7. The molecule has 174 valence electrons. The molecule has 6 nitrogen and oxygen atoms in total. The monoisotopic (exact) mass is 510 g/mol. The van der Waals surface area contributed by atoms with E-state index in [9.17, 15) is 9.59 Å². The van der Waals surface area contributed by atoms with Crippen LogP contribution in [0.2, 0.25) is 5.02 Å². The summed E-state index contributed by atoms with van der Waals surface area (Å²) in [5.74, 6) is -0.242. The third kappa shape index (κ3) is 6.22. The fourth-order valence-corrected chi connectivity index (χ4v) is 4.81. The molecule has 0 spiro atoms. The average molecular weight is 511 g/mol. The molecule has 1 aliphatic rings. The number of thiophene rings is 1. The standard InChI is InChI=1S/C25H23ClN4O2S2/c26-20-17-19(27-25(33)28-23(31)11-8-18-5-2-1-3-6-18)9-10-21(20)29-12-14-30(15-13-29)24(32)22-7-4-16-34-22/h1-11,16-17H,12-15H2,(H2,27,28,31,33)/b11-8+. The lowest BCUT2D eigenvalue weighted by atomic mass is 10.2. The van der Waals surface area contributed by atoms with Crippen LogP contribution in [-0.2, 0) is 4.79 Å². The Balaban J connectivity index is 1.29. The van der Waals surface area contributed by atoms with Crippen LogP contribution in [0.15, 0.2) is 72.1 Å². The van der Waals surface area contributed by atoms with Gasteiger partial charge >= 0.3 is 0 Å². The number of thiocarbonyl (C=S) groups is 1. The molecule has 0 unspecified atom stereocenters. The molecule has 1 aromatic heterocycles. The van der Waals surface area contributed by atoms with Crippen LogP contribution in [0.5, 0.6) is 0 Å². The molecular weight excluding hydrogens is 488 g/mol. The summed E-state index contributed by atoms with van der Waals surface area (Å²) in [6, 6.07) is 18.8. The van der Waals surface area contributed by atoms with Crippen LogP contribution in [0, 0.1) is 0 Å². The van der Waals surface area contributed by atoms with Crippen molar-refractivity contribution >= 4 is 69.5 Å². The van der Waals surface area contributed by atoms with E-state index in [4.69, 9.17) is 23.8 Å². The van der Waals surface area contributed by atoms with E-state index in [1.807, 2.05) is 64.9 Å². The van der Waals surface area contributed by atoms with E-state index >= 15 is 0 Å².